The lowest BCUT2D eigenvalue weighted by Gasteiger charge is -2.28. The van der Waals surface area contributed by atoms with Crippen LogP contribution in [-0.2, 0) is 17.9 Å². The van der Waals surface area contributed by atoms with Crippen molar-refractivity contribution < 1.29 is 9.18 Å². The lowest BCUT2D eigenvalue weighted by molar-refractivity contribution is -0.133. The van der Waals surface area contributed by atoms with Crippen molar-refractivity contribution in [3.63, 3.8) is 0 Å². The van der Waals surface area contributed by atoms with E-state index < -0.39 is 0 Å². The SMILES string of the molecule is CCCCN(Cc1cccn1Cc1cccc(F)c1)C(=O)[C@@H](CC)c1ccccc1. The Kier molecular flexibility index (Phi) is 7.83. The van der Waals surface area contributed by atoms with E-state index in [1.54, 1.807) is 12.1 Å². The average molecular weight is 407 g/mol. The molecule has 0 N–H and O–H groups in total. The van der Waals surface area contributed by atoms with E-state index in [9.17, 15) is 9.18 Å². The summed E-state index contributed by atoms with van der Waals surface area (Å²) in [6, 6.07) is 20.8. The van der Waals surface area contributed by atoms with Gasteiger partial charge in [-0.1, -0.05) is 62.7 Å². The summed E-state index contributed by atoms with van der Waals surface area (Å²) in [5.41, 5.74) is 3.04. The third kappa shape index (κ3) is 5.59. The summed E-state index contributed by atoms with van der Waals surface area (Å²) in [7, 11) is 0. The van der Waals surface area contributed by atoms with Gasteiger partial charge in [0.1, 0.15) is 5.82 Å². The molecule has 4 heteroatoms. The minimum absolute atomic E-state index is 0.130. The van der Waals surface area contributed by atoms with Crippen molar-refractivity contribution >= 4 is 5.91 Å². The summed E-state index contributed by atoms with van der Waals surface area (Å²) in [6.07, 6.45) is 4.78. The molecular formula is C26H31FN2O. The normalized spacial score (nSPS) is 12.0. The van der Waals surface area contributed by atoms with E-state index in [0.717, 1.165) is 42.6 Å². The molecule has 1 heterocycles. The van der Waals surface area contributed by atoms with Gasteiger partial charge in [-0.2, -0.15) is 0 Å². The molecule has 3 nitrogen and oxygen atoms in total. The predicted octanol–water partition coefficient (Wildman–Crippen LogP) is 6.00. The topological polar surface area (TPSA) is 25.2 Å². The molecule has 30 heavy (non-hydrogen) atoms. The minimum Gasteiger partial charge on any atom is -0.345 e. The fraction of sp³-hybridized carbons (Fsp3) is 0.346. The van der Waals surface area contributed by atoms with E-state index in [0.29, 0.717) is 13.1 Å². The summed E-state index contributed by atoms with van der Waals surface area (Å²) < 4.78 is 15.7. The zero-order valence-corrected chi connectivity index (χ0v) is 17.9. The Labute approximate surface area is 179 Å². The molecule has 0 bridgehead atoms. The highest BCUT2D eigenvalue weighted by atomic mass is 19.1. The van der Waals surface area contributed by atoms with Crippen molar-refractivity contribution in [3.8, 4) is 0 Å². The maximum Gasteiger partial charge on any atom is 0.230 e. The highest BCUT2D eigenvalue weighted by molar-refractivity contribution is 5.83. The Morgan fingerprint density at radius 1 is 1.03 bits per heavy atom. The smallest absolute Gasteiger partial charge is 0.230 e. The maximum atomic E-state index is 13.6. The van der Waals surface area contributed by atoms with Crippen LogP contribution in [0.1, 0.15) is 55.8 Å². The minimum atomic E-state index is -0.227. The van der Waals surface area contributed by atoms with Crippen LogP contribution in [0.2, 0.25) is 0 Å². The van der Waals surface area contributed by atoms with Gasteiger partial charge < -0.3 is 9.47 Å². The number of aromatic nitrogens is 1. The number of amides is 1. The molecule has 3 rings (SSSR count). The molecule has 2 aromatic carbocycles. The van der Waals surface area contributed by atoms with Gasteiger partial charge in [-0.15, -0.1) is 0 Å². The third-order valence-corrected chi connectivity index (χ3v) is 5.52. The molecule has 0 aliphatic rings. The molecule has 1 aromatic heterocycles. The molecule has 158 valence electrons. The number of nitrogens with zero attached hydrogens (tertiary/aromatic N) is 2. The van der Waals surface area contributed by atoms with E-state index in [-0.39, 0.29) is 17.6 Å². The molecule has 0 saturated heterocycles. The molecular weight excluding hydrogens is 375 g/mol. The first-order chi connectivity index (χ1) is 14.6. The number of hydrogen-bond donors (Lipinski definition) is 0. The second-order valence-electron chi connectivity index (χ2n) is 7.74. The Morgan fingerprint density at radius 2 is 1.83 bits per heavy atom. The van der Waals surface area contributed by atoms with Crippen molar-refractivity contribution in [2.75, 3.05) is 6.54 Å². The lowest BCUT2D eigenvalue weighted by atomic mass is 9.95. The first-order valence-corrected chi connectivity index (χ1v) is 10.8. The van der Waals surface area contributed by atoms with Crippen LogP contribution >= 0.6 is 0 Å². The quantitative estimate of drug-likeness (QED) is 0.405. The number of hydrogen-bond acceptors (Lipinski definition) is 1. The third-order valence-electron chi connectivity index (χ3n) is 5.52. The Balaban J connectivity index is 1.80. The fourth-order valence-electron chi connectivity index (χ4n) is 3.85. The highest BCUT2D eigenvalue weighted by Crippen LogP contribution is 2.24. The van der Waals surface area contributed by atoms with Gasteiger partial charge in [-0.25, -0.2) is 4.39 Å². The summed E-state index contributed by atoms with van der Waals surface area (Å²) in [5, 5.41) is 0. The molecule has 0 radical (unpaired) electrons. The summed E-state index contributed by atoms with van der Waals surface area (Å²) in [5.74, 6) is -0.181. The maximum absolute atomic E-state index is 13.6. The van der Waals surface area contributed by atoms with E-state index in [1.165, 1.54) is 6.07 Å². The summed E-state index contributed by atoms with van der Waals surface area (Å²) in [6.45, 7) is 6.10. The van der Waals surface area contributed by atoms with Gasteiger partial charge in [0.2, 0.25) is 5.91 Å². The highest BCUT2D eigenvalue weighted by Gasteiger charge is 2.25. The molecule has 0 aliphatic carbocycles. The van der Waals surface area contributed by atoms with Gasteiger partial charge in [0.05, 0.1) is 12.5 Å². The van der Waals surface area contributed by atoms with E-state index in [1.807, 2.05) is 53.6 Å². The van der Waals surface area contributed by atoms with Crippen LogP contribution in [-0.4, -0.2) is 21.9 Å². The van der Waals surface area contributed by atoms with E-state index in [2.05, 4.69) is 24.5 Å². The Morgan fingerprint density at radius 3 is 2.53 bits per heavy atom. The molecule has 0 saturated carbocycles. The zero-order chi connectivity index (χ0) is 21.3. The number of halogens is 1. The van der Waals surface area contributed by atoms with Gasteiger partial charge in [0, 0.05) is 25.0 Å². The second-order valence-corrected chi connectivity index (χ2v) is 7.74. The van der Waals surface area contributed by atoms with E-state index >= 15 is 0 Å². The van der Waals surface area contributed by atoms with Gasteiger partial charge in [-0.3, -0.25) is 4.79 Å². The number of carbonyl (C=O) groups excluding carboxylic acids is 1. The van der Waals surface area contributed by atoms with Crippen molar-refractivity contribution in [3.05, 3.63) is 95.6 Å². The molecule has 1 amide bonds. The van der Waals surface area contributed by atoms with Gasteiger partial charge in [0.25, 0.3) is 0 Å². The van der Waals surface area contributed by atoms with Crippen molar-refractivity contribution in [2.24, 2.45) is 0 Å². The Bertz CT molecular complexity index is 935. The second kappa shape index (κ2) is 10.8. The predicted molar refractivity (Wildman–Crippen MR) is 120 cm³/mol. The largest absolute Gasteiger partial charge is 0.345 e. The molecule has 0 spiro atoms. The first-order valence-electron chi connectivity index (χ1n) is 10.8. The standard InChI is InChI=1S/C26H31FN2O/c1-3-5-16-29(26(30)25(4-2)22-12-7-6-8-13-22)20-24-15-10-17-28(24)19-21-11-9-14-23(27)18-21/h6-15,17-18,25H,3-5,16,19-20H2,1-2H3/t25-/m0/s1. The van der Waals surface area contributed by atoms with Gasteiger partial charge >= 0.3 is 0 Å². The van der Waals surface area contributed by atoms with Crippen LogP contribution in [0.25, 0.3) is 0 Å². The molecule has 0 unspecified atom stereocenters. The van der Waals surface area contributed by atoms with Gasteiger partial charge in [0.15, 0.2) is 0 Å². The van der Waals surface area contributed by atoms with Crippen molar-refractivity contribution in [2.45, 2.75) is 52.1 Å². The monoisotopic (exact) mass is 406 g/mol. The first kappa shape index (κ1) is 21.8. The number of unbranched alkanes of at least 4 members (excludes halogenated alkanes) is 1. The van der Waals surface area contributed by atoms with Crippen LogP contribution in [0.4, 0.5) is 4.39 Å². The molecule has 1 atom stereocenters. The van der Waals surface area contributed by atoms with Crippen LogP contribution in [0.3, 0.4) is 0 Å². The van der Waals surface area contributed by atoms with Crippen LogP contribution < -0.4 is 0 Å². The van der Waals surface area contributed by atoms with Crippen LogP contribution in [0, 0.1) is 5.82 Å². The Hall–Kier alpha value is -2.88. The number of rotatable bonds is 10. The molecule has 0 aliphatic heterocycles. The zero-order valence-electron chi connectivity index (χ0n) is 17.9. The van der Waals surface area contributed by atoms with Gasteiger partial charge in [-0.05, 0) is 48.2 Å². The van der Waals surface area contributed by atoms with Crippen molar-refractivity contribution in [1.29, 1.82) is 0 Å². The van der Waals surface area contributed by atoms with Crippen LogP contribution in [0.5, 0.6) is 0 Å². The summed E-state index contributed by atoms with van der Waals surface area (Å²) in [4.78, 5) is 15.5. The molecule has 3 aromatic rings. The van der Waals surface area contributed by atoms with E-state index in [4.69, 9.17) is 0 Å². The lowest BCUT2D eigenvalue weighted by Crippen LogP contribution is -2.36. The molecule has 0 fully saturated rings. The number of benzene rings is 2. The van der Waals surface area contributed by atoms with Crippen molar-refractivity contribution in [1.82, 2.24) is 9.47 Å². The number of carbonyl (C=O) groups is 1. The average Bonchev–Trinajstić information content (AvgIpc) is 3.18. The summed E-state index contributed by atoms with van der Waals surface area (Å²) >= 11 is 0. The fourth-order valence-corrected chi connectivity index (χ4v) is 3.85. The van der Waals surface area contributed by atoms with Crippen LogP contribution in [0.15, 0.2) is 72.9 Å².